The van der Waals surface area contributed by atoms with Crippen LogP contribution < -0.4 is 10.6 Å². The highest BCUT2D eigenvalue weighted by molar-refractivity contribution is 7.07. The van der Waals surface area contributed by atoms with Crippen molar-refractivity contribution in [1.29, 1.82) is 0 Å². The number of nitrogens with one attached hydrogen (secondary N) is 2. The van der Waals surface area contributed by atoms with Crippen molar-refractivity contribution >= 4 is 17.2 Å². The number of rotatable bonds is 7. The summed E-state index contributed by atoms with van der Waals surface area (Å²) in [6, 6.07) is 1.86. The van der Waals surface area contributed by atoms with Crippen molar-refractivity contribution in [3.05, 3.63) is 22.4 Å². The summed E-state index contributed by atoms with van der Waals surface area (Å²) in [6.45, 7) is 1.12. The van der Waals surface area contributed by atoms with Crippen molar-refractivity contribution in [2.75, 3.05) is 20.1 Å². The smallest absolute Gasteiger partial charge is 0.220 e. The Kier molecular flexibility index (Phi) is 6.07. The van der Waals surface area contributed by atoms with Gasteiger partial charge in [0.2, 0.25) is 5.91 Å². The average molecular weight is 242 g/mol. The first kappa shape index (κ1) is 13.2. The van der Waals surface area contributed by atoms with E-state index < -0.39 is 6.10 Å². The maximum absolute atomic E-state index is 11.3. The molecule has 1 unspecified atom stereocenters. The van der Waals surface area contributed by atoms with Crippen molar-refractivity contribution in [3.63, 3.8) is 0 Å². The summed E-state index contributed by atoms with van der Waals surface area (Å²) in [5.41, 5.74) is 0.862. The van der Waals surface area contributed by atoms with Gasteiger partial charge >= 0.3 is 0 Å². The third-order valence-electron chi connectivity index (χ3n) is 2.25. The number of hydrogen-bond acceptors (Lipinski definition) is 4. The second-order valence-corrected chi connectivity index (χ2v) is 4.36. The number of amides is 1. The van der Waals surface area contributed by atoms with Crippen molar-refractivity contribution in [1.82, 2.24) is 10.6 Å². The molecule has 3 N–H and O–H groups in total. The third kappa shape index (κ3) is 4.74. The lowest BCUT2D eigenvalue weighted by Crippen LogP contribution is -2.28. The summed E-state index contributed by atoms with van der Waals surface area (Å²) in [5, 5.41) is 19.2. The molecular formula is C11H18N2O2S. The Bertz CT molecular complexity index is 301. The first-order valence-corrected chi connectivity index (χ1v) is 6.29. The van der Waals surface area contributed by atoms with E-state index in [9.17, 15) is 9.90 Å². The molecule has 1 rings (SSSR count). The lowest BCUT2D eigenvalue weighted by Gasteiger charge is -2.10. The monoisotopic (exact) mass is 242 g/mol. The van der Waals surface area contributed by atoms with E-state index in [0.29, 0.717) is 6.42 Å². The van der Waals surface area contributed by atoms with Gasteiger partial charge in [-0.2, -0.15) is 11.3 Å². The summed E-state index contributed by atoms with van der Waals surface area (Å²) in [7, 11) is 1.86. The van der Waals surface area contributed by atoms with Crippen LogP contribution in [0.25, 0.3) is 0 Å². The topological polar surface area (TPSA) is 61.4 Å². The Morgan fingerprint density at radius 3 is 3.06 bits per heavy atom. The van der Waals surface area contributed by atoms with Gasteiger partial charge in [-0.1, -0.05) is 0 Å². The molecule has 1 amide bonds. The van der Waals surface area contributed by atoms with Gasteiger partial charge in [0.25, 0.3) is 0 Å². The summed E-state index contributed by atoms with van der Waals surface area (Å²) >= 11 is 1.54. The lowest BCUT2D eigenvalue weighted by molar-refractivity contribution is -0.121. The number of thiophene rings is 1. The Morgan fingerprint density at radius 2 is 2.44 bits per heavy atom. The lowest BCUT2D eigenvalue weighted by atomic mass is 10.2. The molecule has 1 heterocycles. The van der Waals surface area contributed by atoms with Crippen LogP contribution in [0.3, 0.4) is 0 Å². The quantitative estimate of drug-likeness (QED) is 0.623. The Morgan fingerprint density at radius 1 is 1.62 bits per heavy atom. The highest BCUT2D eigenvalue weighted by atomic mass is 32.1. The Hall–Kier alpha value is -0.910. The molecular weight excluding hydrogens is 224 g/mol. The summed E-state index contributed by atoms with van der Waals surface area (Å²) in [5.74, 6) is -0.00969. The molecule has 0 aliphatic rings. The van der Waals surface area contributed by atoms with Gasteiger partial charge in [0, 0.05) is 13.0 Å². The van der Waals surface area contributed by atoms with E-state index in [2.05, 4.69) is 10.6 Å². The molecule has 1 aromatic heterocycles. The minimum absolute atomic E-state index is 0.00969. The van der Waals surface area contributed by atoms with Crippen LogP contribution in [0.5, 0.6) is 0 Å². The van der Waals surface area contributed by atoms with E-state index in [-0.39, 0.29) is 12.5 Å². The molecule has 0 radical (unpaired) electrons. The van der Waals surface area contributed by atoms with Crippen LogP contribution in [0.2, 0.25) is 0 Å². The van der Waals surface area contributed by atoms with Gasteiger partial charge in [0.1, 0.15) is 0 Å². The molecule has 4 nitrogen and oxygen atoms in total. The standard InChI is InChI=1S/C11H18N2O2S/c1-12-5-2-3-11(15)13-7-10(14)9-4-6-16-8-9/h4,6,8,10,12,14H,2-3,5,7H2,1H3,(H,13,15). The van der Waals surface area contributed by atoms with Gasteiger partial charge in [-0.15, -0.1) is 0 Å². The van der Waals surface area contributed by atoms with Crippen LogP contribution in [-0.2, 0) is 4.79 Å². The molecule has 0 fully saturated rings. The summed E-state index contributed by atoms with van der Waals surface area (Å²) in [4.78, 5) is 11.3. The number of aliphatic hydroxyl groups is 1. The Labute approximate surface area is 99.7 Å². The van der Waals surface area contributed by atoms with Crippen molar-refractivity contribution < 1.29 is 9.90 Å². The van der Waals surface area contributed by atoms with E-state index in [1.165, 1.54) is 11.3 Å². The van der Waals surface area contributed by atoms with E-state index in [4.69, 9.17) is 0 Å². The molecule has 1 atom stereocenters. The van der Waals surface area contributed by atoms with Crippen LogP contribution in [-0.4, -0.2) is 31.2 Å². The van der Waals surface area contributed by atoms with E-state index in [0.717, 1.165) is 18.5 Å². The SMILES string of the molecule is CNCCCC(=O)NCC(O)c1ccsc1. The van der Waals surface area contributed by atoms with Gasteiger partial charge in [-0.3, -0.25) is 4.79 Å². The van der Waals surface area contributed by atoms with Gasteiger partial charge in [0.15, 0.2) is 0 Å². The molecule has 0 saturated heterocycles. The largest absolute Gasteiger partial charge is 0.387 e. The number of aliphatic hydroxyl groups excluding tert-OH is 1. The van der Waals surface area contributed by atoms with E-state index in [1.54, 1.807) is 0 Å². The van der Waals surface area contributed by atoms with Crippen LogP contribution in [0.1, 0.15) is 24.5 Å². The number of carbonyl (C=O) groups is 1. The van der Waals surface area contributed by atoms with Crippen molar-refractivity contribution in [2.45, 2.75) is 18.9 Å². The fourth-order valence-electron chi connectivity index (χ4n) is 1.31. The molecule has 5 heteroatoms. The van der Waals surface area contributed by atoms with Gasteiger partial charge < -0.3 is 15.7 Å². The van der Waals surface area contributed by atoms with Gasteiger partial charge in [0.05, 0.1) is 6.10 Å². The fourth-order valence-corrected chi connectivity index (χ4v) is 2.01. The second kappa shape index (κ2) is 7.38. The third-order valence-corrected chi connectivity index (χ3v) is 2.95. The molecule has 0 bridgehead atoms. The first-order valence-electron chi connectivity index (χ1n) is 5.35. The predicted molar refractivity (Wildman–Crippen MR) is 65.4 cm³/mol. The molecule has 0 aliphatic carbocycles. The Balaban J connectivity index is 2.16. The minimum atomic E-state index is -0.598. The van der Waals surface area contributed by atoms with Crippen LogP contribution in [0, 0.1) is 0 Å². The van der Waals surface area contributed by atoms with Crippen molar-refractivity contribution in [2.24, 2.45) is 0 Å². The molecule has 16 heavy (non-hydrogen) atoms. The maximum atomic E-state index is 11.3. The molecule has 0 saturated carbocycles. The first-order chi connectivity index (χ1) is 7.74. The van der Waals surface area contributed by atoms with Gasteiger partial charge in [-0.25, -0.2) is 0 Å². The zero-order valence-corrected chi connectivity index (χ0v) is 10.2. The van der Waals surface area contributed by atoms with Crippen molar-refractivity contribution in [3.8, 4) is 0 Å². The van der Waals surface area contributed by atoms with E-state index >= 15 is 0 Å². The molecule has 0 aliphatic heterocycles. The maximum Gasteiger partial charge on any atom is 0.220 e. The zero-order valence-electron chi connectivity index (χ0n) is 9.40. The zero-order chi connectivity index (χ0) is 11.8. The average Bonchev–Trinajstić information content (AvgIpc) is 2.79. The van der Waals surface area contributed by atoms with Crippen LogP contribution >= 0.6 is 11.3 Å². The minimum Gasteiger partial charge on any atom is -0.387 e. The molecule has 0 aromatic carbocycles. The van der Waals surface area contributed by atoms with Gasteiger partial charge in [-0.05, 0) is 42.4 Å². The molecule has 90 valence electrons. The summed E-state index contributed by atoms with van der Waals surface area (Å²) in [6.07, 6.45) is 0.716. The molecule has 1 aromatic rings. The molecule has 0 spiro atoms. The normalized spacial score (nSPS) is 12.4. The number of hydrogen-bond donors (Lipinski definition) is 3. The summed E-state index contributed by atoms with van der Waals surface area (Å²) < 4.78 is 0. The van der Waals surface area contributed by atoms with E-state index in [1.807, 2.05) is 23.9 Å². The predicted octanol–water partition coefficient (Wildman–Crippen LogP) is 0.897. The highest BCUT2D eigenvalue weighted by Crippen LogP contribution is 2.14. The number of carbonyl (C=O) groups excluding carboxylic acids is 1. The second-order valence-electron chi connectivity index (χ2n) is 3.58. The van der Waals surface area contributed by atoms with Crippen LogP contribution in [0.4, 0.5) is 0 Å². The highest BCUT2D eigenvalue weighted by Gasteiger charge is 2.09. The van der Waals surface area contributed by atoms with Crippen LogP contribution in [0.15, 0.2) is 16.8 Å². The fraction of sp³-hybridized carbons (Fsp3) is 0.545.